The highest BCUT2D eigenvalue weighted by Gasteiger charge is 2.28. The van der Waals surface area contributed by atoms with Crippen LogP contribution in [0, 0.1) is 5.92 Å². The number of hydrogen-bond acceptors (Lipinski definition) is 2. The quantitative estimate of drug-likeness (QED) is 0.878. The van der Waals surface area contributed by atoms with Crippen molar-refractivity contribution in [1.82, 2.24) is 9.88 Å². The number of carboxylic acids is 1. The van der Waals surface area contributed by atoms with Crippen molar-refractivity contribution in [2.24, 2.45) is 5.92 Å². The molecule has 0 aliphatic heterocycles. The smallest absolute Gasteiger partial charge is 0.306 e. The second-order valence-electron chi connectivity index (χ2n) is 5.61. The number of halogens is 1. The third-order valence-corrected chi connectivity index (χ3v) is 4.13. The van der Waals surface area contributed by atoms with Gasteiger partial charge in [-0.2, -0.15) is 0 Å². The lowest BCUT2D eigenvalue weighted by Gasteiger charge is -2.27. The van der Waals surface area contributed by atoms with Gasteiger partial charge in [0.25, 0.3) is 5.91 Å². The van der Waals surface area contributed by atoms with Gasteiger partial charge < -0.3 is 15.0 Å². The Balaban J connectivity index is 2.02. The molecule has 0 radical (unpaired) electrons. The van der Waals surface area contributed by atoms with E-state index >= 15 is 0 Å². The zero-order chi connectivity index (χ0) is 15.4. The summed E-state index contributed by atoms with van der Waals surface area (Å²) in [7, 11) is 0. The van der Waals surface area contributed by atoms with Crippen molar-refractivity contribution < 1.29 is 14.7 Å². The predicted molar refractivity (Wildman–Crippen MR) is 80.6 cm³/mol. The van der Waals surface area contributed by atoms with E-state index < -0.39 is 5.97 Å². The van der Waals surface area contributed by atoms with E-state index in [2.05, 4.69) is 5.32 Å². The molecule has 2 N–H and O–H groups in total. The fourth-order valence-corrected chi connectivity index (χ4v) is 3.12. The molecule has 1 aromatic heterocycles. The van der Waals surface area contributed by atoms with E-state index in [9.17, 15) is 9.59 Å². The largest absolute Gasteiger partial charge is 0.481 e. The average molecular weight is 313 g/mol. The van der Waals surface area contributed by atoms with Gasteiger partial charge in [-0.3, -0.25) is 9.59 Å². The van der Waals surface area contributed by atoms with E-state index in [0.717, 1.165) is 25.8 Å². The topological polar surface area (TPSA) is 71.3 Å². The number of carbonyl (C=O) groups is 2. The third-order valence-electron chi connectivity index (χ3n) is 3.92. The standard InChI is InChI=1S/C15H21ClN2O3/c1-2-6-18-9-11(16)8-13(18)14(19)17-12-5-3-4-10(7-12)15(20)21/h8-10,12H,2-7H2,1H3,(H,17,19)(H,20,21). The molecular formula is C15H21ClN2O3. The van der Waals surface area contributed by atoms with E-state index in [0.29, 0.717) is 23.6 Å². The number of hydrogen-bond donors (Lipinski definition) is 2. The van der Waals surface area contributed by atoms with Crippen molar-refractivity contribution in [2.75, 3.05) is 0 Å². The van der Waals surface area contributed by atoms with E-state index in [-0.39, 0.29) is 17.9 Å². The van der Waals surface area contributed by atoms with Crippen LogP contribution in [-0.2, 0) is 11.3 Å². The van der Waals surface area contributed by atoms with Crippen LogP contribution < -0.4 is 5.32 Å². The number of amides is 1. The first-order valence-corrected chi connectivity index (χ1v) is 7.78. The molecule has 1 amide bonds. The van der Waals surface area contributed by atoms with E-state index in [1.165, 1.54) is 0 Å². The number of aromatic nitrogens is 1. The molecule has 1 aromatic rings. The van der Waals surface area contributed by atoms with Crippen LogP contribution in [0.1, 0.15) is 49.5 Å². The molecule has 1 saturated carbocycles. The molecule has 2 unspecified atom stereocenters. The number of carbonyl (C=O) groups excluding carboxylic acids is 1. The lowest BCUT2D eigenvalue weighted by molar-refractivity contribution is -0.143. The van der Waals surface area contributed by atoms with Gasteiger partial charge in [0.1, 0.15) is 5.69 Å². The number of nitrogens with zero attached hydrogens (tertiary/aromatic N) is 1. The average Bonchev–Trinajstić information content (AvgIpc) is 2.80. The Morgan fingerprint density at radius 3 is 2.90 bits per heavy atom. The fraction of sp³-hybridized carbons (Fsp3) is 0.600. The maximum Gasteiger partial charge on any atom is 0.306 e. The van der Waals surface area contributed by atoms with Gasteiger partial charge in [0, 0.05) is 18.8 Å². The first kappa shape index (κ1) is 15.9. The van der Waals surface area contributed by atoms with Crippen molar-refractivity contribution in [2.45, 2.75) is 51.6 Å². The minimum absolute atomic E-state index is 0.0731. The van der Waals surface area contributed by atoms with Crippen LogP contribution in [0.4, 0.5) is 0 Å². The highest BCUT2D eigenvalue weighted by molar-refractivity contribution is 6.31. The van der Waals surface area contributed by atoms with Gasteiger partial charge in [-0.05, 0) is 31.7 Å². The second-order valence-corrected chi connectivity index (χ2v) is 6.05. The van der Waals surface area contributed by atoms with Crippen molar-refractivity contribution >= 4 is 23.5 Å². The number of rotatable bonds is 5. The lowest BCUT2D eigenvalue weighted by Crippen LogP contribution is -2.40. The van der Waals surface area contributed by atoms with Crippen LogP contribution in [0.25, 0.3) is 0 Å². The van der Waals surface area contributed by atoms with Crippen LogP contribution in [0.15, 0.2) is 12.3 Å². The predicted octanol–water partition coefficient (Wildman–Crippen LogP) is 2.92. The van der Waals surface area contributed by atoms with Crippen LogP contribution in [0.5, 0.6) is 0 Å². The minimum atomic E-state index is -0.772. The summed E-state index contributed by atoms with van der Waals surface area (Å²) in [5, 5.41) is 12.6. The molecule has 1 aliphatic rings. The summed E-state index contributed by atoms with van der Waals surface area (Å²) >= 11 is 5.97. The van der Waals surface area contributed by atoms with Gasteiger partial charge in [0.05, 0.1) is 10.9 Å². The molecular weight excluding hydrogens is 292 g/mol. The van der Waals surface area contributed by atoms with E-state index in [1.807, 2.05) is 11.5 Å². The Labute approximate surface area is 129 Å². The molecule has 1 aliphatic carbocycles. The Morgan fingerprint density at radius 2 is 2.24 bits per heavy atom. The van der Waals surface area contributed by atoms with Crippen molar-refractivity contribution in [1.29, 1.82) is 0 Å². The molecule has 116 valence electrons. The lowest BCUT2D eigenvalue weighted by atomic mass is 9.86. The fourth-order valence-electron chi connectivity index (χ4n) is 2.90. The summed E-state index contributed by atoms with van der Waals surface area (Å²) < 4.78 is 1.84. The molecule has 0 spiro atoms. The second kappa shape index (κ2) is 6.98. The van der Waals surface area contributed by atoms with Crippen LogP contribution >= 0.6 is 11.6 Å². The molecule has 5 nitrogen and oxygen atoms in total. The molecule has 6 heteroatoms. The highest BCUT2D eigenvalue weighted by Crippen LogP contribution is 2.25. The molecule has 1 heterocycles. The molecule has 0 saturated heterocycles. The summed E-state index contributed by atoms with van der Waals surface area (Å²) in [5.41, 5.74) is 0.541. The zero-order valence-corrected chi connectivity index (χ0v) is 12.9. The van der Waals surface area contributed by atoms with E-state index in [1.54, 1.807) is 12.3 Å². The first-order chi connectivity index (χ1) is 10.0. The van der Waals surface area contributed by atoms with Crippen molar-refractivity contribution in [3.05, 3.63) is 23.0 Å². The number of nitrogens with one attached hydrogen (secondary N) is 1. The Hall–Kier alpha value is -1.49. The number of aliphatic carboxylic acids is 1. The molecule has 2 rings (SSSR count). The molecule has 0 bridgehead atoms. The van der Waals surface area contributed by atoms with Gasteiger partial charge in [0.15, 0.2) is 0 Å². The zero-order valence-electron chi connectivity index (χ0n) is 12.1. The molecule has 1 fully saturated rings. The maximum absolute atomic E-state index is 12.4. The minimum Gasteiger partial charge on any atom is -0.481 e. The Kier molecular flexibility index (Phi) is 5.28. The van der Waals surface area contributed by atoms with Crippen molar-refractivity contribution in [3.63, 3.8) is 0 Å². The highest BCUT2D eigenvalue weighted by atomic mass is 35.5. The molecule has 21 heavy (non-hydrogen) atoms. The summed E-state index contributed by atoms with van der Waals surface area (Å²) in [5.74, 6) is -1.30. The summed E-state index contributed by atoms with van der Waals surface area (Å²) in [6.07, 6.45) is 5.52. The molecule has 2 atom stereocenters. The first-order valence-electron chi connectivity index (χ1n) is 7.40. The van der Waals surface area contributed by atoms with Crippen molar-refractivity contribution in [3.8, 4) is 0 Å². The van der Waals surface area contributed by atoms with Crippen LogP contribution in [0.3, 0.4) is 0 Å². The van der Waals surface area contributed by atoms with Gasteiger partial charge in [-0.15, -0.1) is 0 Å². The summed E-state index contributed by atoms with van der Waals surface area (Å²) in [6.45, 7) is 2.77. The Morgan fingerprint density at radius 1 is 1.48 bits per heavy atom. The summed E-state index contributed by atoms with van der Waals surface area (Å²) in [6, 6.07) is 1.58. The maximum atomic E-state index is 12.4. The number of aryl methyl sites for hydroxylation is 1. The number of carboxylic acid groups (broad SMARTS) is 1. The van der Waals surface area contributed by atoms with Crippen LogP contribution in [-0.4, -0.2) is 27.6 Å². The monoisotopic (exact) mass is 312 g/mol. The normalized spacial score (nSPS) is 22.0. The van der Waals surface area contributed by atoms with Gasteiger partial charge in [0.2, 0.25) is 0 Å². The molecule has 0 aromatic carbocycles. The van der Waals surface area contributed by atoms with Gasteiger partial charge in [-0.25, -0.2) is 0 Å². The third kappa shape index (κ3) is 4.00. The van der Waals surface area contributed by atoms with Gasteiger partial charge in [-0.1, -0.05) is 24.9 Å². The van der Waals surface area contributed by atoms with Crippen LogP contribution in [0.2, 0.25) is 5.02 Å². The van der Waals surface area contributed by atoms with Gasteiger partial charge >= 0.3 is 5.97 Å². The summed E-state index contributed by atoms with van der Waals surface area (Å²) in [4.78, 5) is 23.4. The SMILES string of the molecule is CCCn1cc(Cl)cc1C(=O)NC1CCCC(C(=O)O)C1. The Bertz CT molecular complexity index is 527. The van der Waals surface area contributed by atoms with E-state index in [4.69, 9.17) is 16.7 Å².